The molecule has 4 rings (SSSR count). The van der Waals surface area contributed by atoms with Gasteiger partial charge in [0.1, 0.15) is 11.9 Å². The summed E-state index contributed by atoms with van der Waals surface area (Å²) in [6, 6.07) is 5.90. The van der Waals surface area contributed by atoms with Crippen molar-refractivity contribution in [2.24, 2.45) is 5.92 Å². The van der Waals surface area contributed by atoms with E-state index in [4.69, 9.17) is 0 Å². The first-order chi connectivity index (χ1) is 11.6. The van der Waals surface area contributed by atoms with Crippen LogP contribution in [0.3, 0.4) is 0 Å². The molecule has 1 N–H and O–H groups in total. The molecule has 0 bridgehead atoms. The van der Waals surface area contributed by atoms with Gasteiger partial charge in [-0.3, -0.25) is 4.79 Å². The molecule has 24 heavy (non-hydrogen) atoms. The molecule has 5 nitrogen and oxygen atoms in total. The van der Waals surface area contributed by atoms with Gasteiger partial charge in [-0.15, -0.1) is 5.10 Å². The standard InChI is InChI=1S/C17H17FN4OS/c1-9-7-12-14(13(23)8-9)15(10-3-5-11(18)6-4-10)22-16(19-12)20-17(21-22)24-2/h3-6,9,15H,7-8H2,1-2H3,(H,19,20,21)/t9-,15-/m1/s1. The number of benzene rings is 1. The molecule has 2 aliphatic rings. The zero-order valence-corrected chi connectivity index (χ0v) is 14.2. The number of hydrogen-bond donors (Lipinski definition) is 1. The number of thioether (sulfide) groups is 1. The second-order valence-electron chi connectivity index (χ2n) is 6.27. The molecule has 0 radical (unpaired) electrons. The van der Waals surface area contributed by atoms with Gasteiger partial charge in [-0.05, 0) is 36.3 Å². The predicted molar refractivity (Wildman–Crippen MR) is 90.4 cm³/mol. The number of rotatable bonds is 2. The van der Waals surface area contributed by atoms with Gasteiger partial charge in [-0.25, -0.2) is 9.07 Å². The number of nitrogens with zero attached hydrogens (tertiary/aromatic N) is 3. The zero-order valence-electron chi connectivity index (χ0n) is 13.4. The van der Waals surface area contributed by atoms with E-state index in [2.05, 4.69) is 22.3 Å². The second-order valence-corrected chi connectivity index (χ2v) is 7.05. The number of hydrogen-bond acceptors (Lipinski definition) is 5. The first kappa shape index (κ1) is 15.4. The molecule has 0 fully saturated rings. The summed E-state index contributed by atoms with van der Waals surface area (Å²) >= 11 is 1.45. The minimum Gasteiger partial charge on any atom is -0.328 e. The summed E-state index contributed by atoms with van der Waals surface area (Å²) in [4.78, 5) is 17.2. The number of halogens is 1. The van der Waals surface area contributed by atoms with E-state index in [-0.39, 0.29) is 17.6 Å². The van der Waals surface area contributed by atoms with E-state index in [9.17, 15) is 9.18 Å². The van der Waals surface area contributed by atoms with Crippen LogP contribution in [0.1, 0.15) is 31.4 Å². The Balaban J connectivity index is 1.90. The van der Waals surface area contributed by atoms with Gasteiger partial charge in [-0.2, -0.15) is 4.98 Å². The van der Waals surface area contributed by atoms with Crippen molar-refractivity contribution in [3.05, 3.63) is 46.9 Å². The number of allylic oxidation sites excluding steroid dienone is 2. The summed E-state index contributed by atoms with van der Waals surface area (Å²) in [7, 11) is 0. The fourth-order valence-corrected chi connectivity index (χ4v) is 3.77. The minimum absolute atomic E-state index is 0.123. The lowest BCUT2D eigenvalue weighted by Gasteiger charge is -2.34. The van der Waals surface area contributed by atoms with E-state index in [1.54, 1.807) is 16.8 Å². The van der Waals surface area contributed by atoms with Crippen molar-refractivity contribution in [2.45, 2.75) is 31.0 Å². The van der Waals surface area contributed by atoms with Crippen LogP contribution in [0, 0.1) is 11.7 Å². The highest BCUT2D eigenvalue weighted by Crippen LogP contribution is 2.41. The normalized spacial score (nSPS) is 22.9. The monoisotopic (exact) mass is 344 g/mol. The smallest absolute Gasteiger partial charge is 0.227 e. The van der Waals surface area contributed by atoms with Gasteiger partial charge in [0.05, 0.1) is 0 Å². The third-order valence-electron chi connectivity index (χ3n) is 4.47. The molecule has 7 heteroatoms. The van der Waals surface area contributed by atoms with Crippen LogP contribution in [-0.2, 0) is 4.79 Å². The van der Waals surface area contributed by atoms with E-state index in [0.29, 0.717) is 23.4 Å². The molecule has 124 valence electrons. The largest absolute Gasteiger partial charge is 0.328 e. The Kier molecular flexibility index (Phi) is 3.68. The van der Waals surface area contributed by atoms with Gasteiger partial charge in [0.15, 0.2) is 5.78 Å². The van der Waals surface area contributed by atoms with E-state index in [1.165, 1.54) is 23.9 Å². The van der Waals surface area contributed by atoms with Crippen molar-refractivity contribution in [1.82, 2.24) is 14.8 Å². The molecule has 1 aliphatic carbocycles. The van der Waals surface area contributed by atoms with Crippen LogP contribution in [0.25, 0.3) is 0 Å². The van der Waals surface area contributed by atoms with Crippen LogP contribution in [0.2, 0.25) is 0 Å². The highest BCUT2D eigenvalue weighted by Gasteiger charge is 2.38. The van der Waals surface area contributed by atoms with Gasteiger partial charge in [0.25, 0.3) is 0 Å². The number of fused-ring (bicyclic) bond motifs is 1. The van der Waals surface area contributed by atoms with E-state index in [1.807, 2.05) is 6.26 Å². The summed E-state index contributed by atoms with van der Waals surface area (Å²) in [5, 5.41) is 8.45. The number of nitrogens with one attached hydrogen (secondary N) is 1. The van der Waals surface area contributed by atoms with Gasteiger partial charge in [0, 0.05) is 17.7 Å². The first-order valence-corrected chi connectivity index (χ1v) is 9.08. The number of ketones is 1. The van der Waals surface area contributed by atoms with E-state index < -0.39 is 0 Å². The molecule has 0 unspecified atom stereocenters. The van der Waals surface area contributed by atoms with Crippen molar-refractivity contribution < 1.29 is 9.18 Å². The van der Waals surface area contributed by atoms with E-state index in [0.717, 1.165) is 23.3 Å². The lowest BCUT2D eigenvalue weighted by molar-refractivity contribution is -0.117. The highest BCUT2D eigenvalue weighted by atomic mass is 32.2. The number of anilines is 1. The summed E-state index contributed by atoms with van der Waals surface area (Å²) in [5.41, 5.74) is 2.48. The topological polar surface area (TPSA) is 59.8 Å². The van der Waals surface area contributed by atoms with Crippen LogP contribution in [0.15, 0.2) is 40.7 Å². The van der Waals surface area contributed by atoms with Crippen LogP contribution in [0.4, 0.5) is 10.3 Å². The molecular weight excluding hydrogens is 327 g/mol. The van der Waals surface area contributed by atoms with E-state index >= 15 is 0 Å². The van der Waals surface area contributed by atoms with Crippen LogP contribution >= 0.6 is 11.8 Å². The molecule has 1 aromatic heterocycles. The number of carbonyl (C=O) groups is 1. The van der Waals surface area contributed by atoms with Crippen molar-refractivity contribution in [3.8, 4) is 0 Å². The average molecular weight is 344 g/mol. The van der Waals surface area contributed by atoms with Gasteiger partial charge in [-0.1, -0.05) is 30.8 Å². The fraction of sp³-hybridized carbons (Fsp3) is 0.353. The SMILES string of the molecule is CSc1nc2n(n1)[C@H](c1ccc(F)cc1)C1=C(C[C@@H](C)CC1=O)N2. The third-order valence-corrected chi connectivity index (χ3v) is 5.01. The molecule has 1 aliphatic heterocycles. The Morgan fingerprint density at radius 1 is 1.29 bits per heavy atom. The van der Waals surface area contributed by atoms with Crippen molar-refractivity contribution >= 4 is 23.5 Å². The second kappa shape index (κ2) is 5.73. The maximum atomic E-state index is 13.3. The molecule has 0 amide bonds. The van der Waals surface area contributed by atoms with Crippen molar-refractivity contribution in [3.63, 3.8) is 0 Å². The Labute approximate surface area is 143 Å². The molecule has 2 aromatic rings. The molecule has 2 heterocycles. The summed E-state index contributed by atoms with van der Waals surface area (Å²) in [5.74, 6) is 0.757. The lowest BCUT2D eigenvalue weighted by atomic mass is 9.81. The number of Topliss-reactive ketones (excluding diaryl/α,β-unsaturated/α-hetero) is 1. The van der Waals surface area contributed by atoms with Crippen molar-refractivity contribution in [2.75, 3.05) is 11.6 Å². The van der Waals surface area contributed by atoms with Crippen LogP contribution < -0.4 is 5.32 Å². The zero-order chi connectivity index (χ0) is 16.8. The Hall–Kier alpha value is -2.15. The predicted octanol–water partition coefficient (Wildman–Crippen LogP) is 3.41. The Morgan fingerprint density at radius 2 is 2.04 bits per heavy atom. The van der Waals surface area contributed by atoms with Crippen molar-refractivity contribution in [1.29, 1.82) is 0 Å². The van der Waals surface area contributed by atoms with Crippen LogP contribution in [-0.4, -0.2) is 26.8 Å². The lowest BCUT2D eigenvalue weighted by Crippen LogP contribution is -2.33. The molecule has 1 aromatic carbocycles. The third kappa shape index (κ3) is 2.43. The highest BCUT2D eigenvalue weighted by molar-refractivity contribution is 7.98. The quantitative estimate of drug-likeness (QED) is 0.846. The van der Waals surface area contributed by atoms with Gasteiger partial charge in [0.2, 0.25) is 11.1 Å². The summed E-state index contributed by atoms with van der Waals surface area (Å²) in [6.45, 7) is 2.07. The van der Waals surface area contributed by atoms with Crippen LogP contribution in [0.5, 0.6) is 0 Å². The first-order valence-electron chi connectivity index (χ1n) is 7.86. The summed E-state index contributed by atoms with van der Waals surface area (Å²) in [6.07, 6.45) is 3.24. The summed E-state index contributed by atoms with van der Waals surface area (Å²) < 4.78 is 15.1. The minimum atomic E-state index is -0.356. The van der Waals surface area contributed by atoms with Gasteiger partial charge < -0.3 is 5.32 Å². The molecule has 2 atom stereocenters. The average Bonchev–Trinajstić information content (AvgIpc) is 2.96. The molecule has 0 saturated carbocycles. The number of carbonyl (C=O) groups excluding carboxylic acids is 1. The number of aromatic nitrogens is 3. The molecule has 0 saturated heterocycles. The Bertz CT molecular complexity index is 843. The maximum absolute atomic E-state index is 13.3. The Morgan fingerprint density at radius 3 is 2.75 bits per heavy atom. The fourth-order valence-electron chi connectivity index (χ4n) is 3.43. The maximum Gasteiger partial charge on any atom is 0.227 e. The van der Waals surface area contributed by atoms with Gasteiger partial charge >= 0.3 is 0 Å². The molecular formula is C17H17FN4OS. The molecule has 0 spiro atoms.